The van der Waals surface area contributed by atoms with Crippen LogP contribution in [0.1, 0.15) is 26.4 Å². The summed E-state index contributed by atoms with van der Waals surface area (Å²) in [6.45, 7) is 4.20. The highest BCUT2D eigenvalue weighted by atomic mass is 35.5. The Morgan fingerprint density at radius 3 is 2.73 bits per heavy atom. The standard InChI is InChI=1S/C20H17Cl2NO2S/c1-12-6-7-16(22)18(8-12)25-10-14-9-19(26-11-14)20(24)23-17-5-3-4-15(21)13(17)2/h3-9,11H,10H2,1-2H3,(H,23,24). The van der Waals surface area contributed by atoms with E-state index in [1.165, 1.54) is 11.3 Å². The van der Waals surface area contributed by atoms with Crippen molar-refractivity contribution < 1.29 is 9.53 Å². The van der Waals surface area contributed by atoms with Crippen molar-refractivity contribution in [3.63, 3.8) is 0 Å². The summed E-state index contributed by atoms with van der Waals surface area (Å²) in [6.07, 6.45) is 0. The number of thiophene rings is 1. The fraction of sp³-hybridized carbons (Fsp3) is 0.150. The Morgan fingerprint density at radius 1 is 1.12 bits per heavy atom. The molecular formula is C20H17Cl2NO2S. The quantitative estimate of drug-likeness (QED) is 0.525. The summed E-state index contributed by atoms with van der Waals surface area (Å²) in [7, 11) is 0. The lowest BCUT2D eigenvalue weighted by Crippen LogP contribution is -2.11. The third-order valence-corrected chi connectivity index (χ3v) is 5.57. The minimum absolute atomic E-state index is 0.166. The van der Waals surface area contributed by atoms with Gasteiger partial charge in [0.05, 0.1) is 9.90 Å². The largest absolute Gasteiger partial charge is 0.487 e. The molecular weight excluding hydrogens is 389 g/mol. The van der Waals surface area contributed by atoms with Crippen LogP contribution in [0.5, 0.6) is 5.75 Å². The Labute approximate surface area is 166 Å². The fourth-order valence-corrected chi connectivity index (χ4v) is 3.52. The maximum Gasteiger partial charge on any atom is 0.265 e. The Hall–Kier alpha value is -2.01. The second kappa shape index (κ2) is 8.12. The van der Waals surface area contributed by atoms with Gasteiger partial charge in [-0.05, 0) is 60.7 Å². The van der Waals surface area contributed by atoms with Gasteiger partial charge >= 0.3 is 0 Å². The number of nitrogens with one attached hydrogen (secondary N) is 1. The van der Waals surface area contributed by atoms with Crippen LogP contribution in [0.2, 0.25) is 10.0 Å². The lowest BCUT2D eigenvalue weighted by atomic mass is 10.2. The van der Waals surface area contributed by atoms with E-state index in [1.807, 2.05) is 55.6 Å². The maximum absolute atomic E-state index is 12.5. The second-order valence-electron chi connectivity index (χ2n) is 5.91. The Kier molecular flexibility index (Phi) is 5.87. The number of hydrogen-bond donors (Lipinski definition) is 1. The average molecular weight is 406 g/mol. The van der Waals surface area contributed by atoms with Crippen LogP contribution in [-0.4, -0.2) is 5.91 Å². The van der Waals surface area contributed by atoms with Gasteiger partial charge < -0.3 is 10.1 Å². The molecule has 1 heterocycles. The number of rotatable bonds is 5. The van der Waals surface area contributed by atoms with Crippen molar-refractivity contribution >= 4 is 46.1 Å². The predicted molar refractivity (Wildman–Crippen MR) is 109 cm³/mol. The number of benzene rings is 2. The third-order valence-electron chi connectivity index (χ3n) is 3.87. The highest BCUT2D eigenvalue weighted by Gasteiger charge is 2.12. The van der Waals surface area contributed by atoms with Gasteiger partial charge in [-0.15, -0.1) is 11.3 Å². The van der Waals surface area contributed by atoms with E-state index >= 15 is 0 Å². The maximum atomic E-state index is 12.5. The van der Waals surface area contributed by atoms with Gasteiger partial charge in [-0.2, -0.15) is 0 Å². The lowest BCUT2D eigenvalue weighted by Gasteiger charge is -2.08. The van der Waals surface area contributed by atoms with Crippen molar-refractivity contribution in [2.24, 2.45) is 0 Å². The minimum Gasteiger partial charge on any atom is -0.487 e. The molecule has 0 radical (unpaired) electrons. The molecule has 0 fully saturated rings. The van der Waals surface area contributed by atoms with Crippen LogP contribution in [0, 0.1) is 13.8 Å². The zero-order chi connectivity index (χ0) is 18.7. The van der Waals surface area contributed by atoms with Crippen molar-refractivity contribution in [3.05, 3.63) is 79.5 Å². The van der Waals surface area contributed by atoms with Gasteiger partial charge in [0.15, 0.2) is 0 Å². The SMILES string of the molecule is Cc1ccc(Cl)c(OCc2csc(C(=O)Nc3cccc(Cl)c3C)c2)c1. The molecule has 3 nitrogen and oxygen atoms in total. The van der Waals surface area contributed by atoms with Gasteiger partial charge in [-0.25, -0.2) is 0 Å². The molecule has 2 aromatic carbocycles. The number of ether oxygens (including phenoxy) is 1. The molecule has 0 spiro atoms. The first-order valence-corrected chi connectivity index (χ1v) is 9.60. The van der Waals surface area contributed by atoms with E-state index in [9.17, 15) is 4.79 Å². The van der Waals surface area contributed by atoms with E-state index in [0.717, 1.165) is 16.7 Å². The summed E-state index contributed by atoms with van der Waals surface area (Å²) >= 11 is 13.6. The molecule has 0 aliphatic carbocycles. The van der Waals surface area contributed by atoms with E-state index in [4.69, 9.17) is 27.9 Å². The van der Waals surface area contributed by atoms with E-state index in [2.05, 4.69) is 5.32 Å². The molecule has 0 aliphatic heterocycles. The first-order chi connectivity index (χ1) is 12.4. The number of carbonyl (C=O) groups is 1. The van der Waals surface area contributed by atoms with Crippen LogP contribution in [0.25, 0.3) is 0 Å². The molecule has 0 unspecified atom stereocenters. The second-order valence-corrected chi connectivity index (χ2v) is 7.63. The molecule has 26 heavy (non-hydrogen) atoms. The normalized spacial score (nSPS) is 10.6. The molecule has 0 saturated heterocycles. The molecule has 1 amide bonds. The molecule has 1 N–H and O–H groups in total. The van der Waals surface area contributed by atoms with Crippen LogP contribution >= 0.6 is 34.5 Å². The molecule has 0 aliphatic rings. The first-order valence-electron chi connectivity index (χ1n) is 7.97. The van der Waals surface area contributed by atoms with Gasteiger partial charge in [0.1, 0.15) is 12.4 Å². The summed E-state index contributed by atoms with van der Waals surface area (Å²) in [4.78, 5) is 13.1. The highest BCUT2D eigenvalue weighted by molar-refractivity contribution is 7.12. The molecule has 0 saturated carbocycles. The predicted octanol–water partition coefficient (Wildman–Crippen LogP) is 6.50. The van der Waals surface area contributed by atoms with Gasteiger partial charge in [0, 0.05) is 16.3 Å². The van der Waals surface area contributed by atoms with Crippen molar-refractivity contribution in [1.29, 1.82) is 0 Å². The smallest absolute Gasteiger partial charge is 0.265 e. The summed E-state index contributed by atoms with van der Waals surface area (Å²) in [5, 5.41) is 6.00. The number of halogens is 2. The zero-order valence-corrected chi connectivity index (χ0v) is 16.6. The van der Waals surface area contributed by atoms with E-state index in [0.29, 0.717) is 33.0 Å². The number of hydrogen-bond acceptors (Lipinski definition) is 3. The van der Waals surface area contributed by atoms with Crippen molar-refractivity contribution in [1.82, 2.24) is 0 Å². The van der Waals surface area contributed by atoms with Crippen LogP contribution < -0.4 is 10.1 Å². The third kappa shape index (κ3) is 4.39. The molecule has 134 valence electrons. The summed E-state index contributed by atoms with van der Waals surface area (Å²) in [6, 6.07) is 12.9. The lowest BCUT2D eigenvalue weighted by molar-refractivity contribution is 0.103. The summed E-state index contributed by atoms with van der Waals surface area (Å²) in [5.74, 6) is 0.471. The Morgan fingerprint density at radius 2 is 1.92 bits per heavy atom. The topological polar surface area (TPSA) is 38.3 Å². The van der Waals surface area contributed by atoms with Crippen molar-refractivity contribution in [2.45, 2.75) is 20.5 Å². The molecule has 0 bridgehead atoms. The van der Waals surface area contributed by atoms with Crippen LogP contribution in [0.3, 0.4) is 0 Å². The number of amides is 1. The van der Waals surface area contributed by atoms with Gasteiger partial charge in [-0.1, -0.05) is 35.3 Å². The van der Waals surface area contributed by atoms with Gasteiger partial charge in [0.25, 0.3) is 5.91 Å². The van der Waals surface area contributed by atoms with Crippen LogP contribution in [0.4, 0.5) is 5.69 Å². The zero-order valence-electron chi connectivity index (χ0n) is 14.3. The summed E-state index contributed by atoms with van der Waals surface area (Å²) < 4.78 is 5.78. The van der Waals surface area contributed by atoms with Gasteiger partial charge in [0.2, 0.25) is 0 Å². The van der Waals surface area contributed by atoms with E-state index < -0.39 is 0 Å². The molecule has 1 aromatic heterocycles. The number of carbonyl (C=O) groups excluding carboxylic acids is 1. The van der Waals surface area contributed by atoms with Gasteiger partial charge in [-0.3, -0.25) is 4.79 Å². The van der Waals surface area contributed by atoms with Crippen molar-refractivity contribution in [2.75, 3.05) is 5.32 Å². The van der Waals surface area contributed by atoms with Crippen molar-refractivity contribution in [3.8, 4) is 5.75 Å². The molecule has 3 aromatic rings. The molecule has 0 atom stereocenters. The number of anilines is 1. The molecule has 6 heteroatoms. The van der Waals surface area contributed by atoms with E-state index in [1.54, 1.807) is 6.07 Å². The molecule has 3 rings (SSSR count). The van der Waals surface area contributed by atoms with Crippen LogP contribution in [0.15, 0.2) is 47.8 Å². The Balaban J connectivity index is 1.66. The van der Waals surface area contributed by atoms with E-state index in [-0.39, 0.29) is 5.91 Å². The fourth-order valence-electron chi connectivity index (χ4n) is 2.38. The van der Waals surface area contributed by atoms with Crippen LogP contribution in [-0.2, 0) is 6.61 Å². The average Bonchev–Trinajstić information content (AvgIpc) is 3.09. The summed E-state index contributed by atoms with van der Waals surface area (Å²) in [5.41, 5.74) is 3.55. The number of aryl methyl sites for hydroxylation is 1. The highest BCUT2D eigenvalue weighted by Crippen LogP contribution is 2.27. The monoisotopic (exact) mass is 405 g/mol. The minimum atomic E-state index is -0.166. The Bertz CT molecular complexity index is 953. The first kappa shape index (κ1) is 18.8.